The number of nitrogens with one attached hydrogen (secondary N) is 1. The van der Waals surface area contributed by atoms with Crippen molar-refractivity contribution in [1.29, 1.82) is 0 Å². The molecule has 2 atom stereocenters. The van der Waals surface area contributed by atoms with Crippen molar-refractivity contribution in [2.24, 2.45) is 17.8 Å². The summed E-state index contributed by atoms with van der Waals surface area (Å²) in [7, 11) is 0. The highest BCUT2D eigenvalue weighted by Crippen LogP contribution is 2.27. The smallest absolute Gasteiger partial charge is 0.306 e. The van der Waals surface area contributed by atoms with Crippen molar-refractivity contribution in [1.82, 2.24) is 5.32 Å². The molecule has 2 unspecified atom stereocenters. The zero-order valence-electron chi connectivity index (χ0n) is 17.4. The predicted molar refractivity (Wildman–Crippen MR) is 104 cm³/mol. The fraction of sp³-hybridized carbons (Fsp3) is 0.952. The molecule has 0 aromatic rings. The third-order valence-electron chi connectivity index (χ3n) is 4.91. The molecule has 1 aliphatic heterocycles. The van der Waals surface area contributed by atoms with Crippen molar-refractivity contribution in [3.05, 3.63) is 0 Å². The average molecular weight is 342 g/mol. The van der Waals surface area contributed by atoms with Crippen molar-refractivity contribution in [3.8, 4) is 0 Å². The summed E-state index contributed by atoms with van der Waals surface area (Å²) in [6.07, 6.45) is 7.81. The molecule has 0 bridgehead atoms. The number of esters is 1. The Hall–Kier alpha value is -0.570. The molecule has 1 saturated heterocycles. The summed E-state index contributed by atoms with van der Waals surface area (Å²) >= 11 is 0. The minimum atomic E-state index is -0.349. The van der Waals surface area contributed by atoms with E-state index >= 15 is 0 Å². The van der Waals surface area contributed by atoms with Crippen LogP contribution in [0.2, 0.25) is 0 Å². The molecule has 1 heterocycles. The third kappa shape index (κ3) is 11.9. The summed E-state index contributed by atoms with van der Waals surface area (Å²) in [5.41, 5.74) is -0.349. The molecule has 0 radical (unpaired) electrons. The minimum absolute atomic E-state index is 0.0561. The summed E-state index contributed by atoms with van der Waals surface area (Å²) in [6, 6.07) is 0. The first-order chi connectivity index (χ1) is 11.2. The molecular formula is C21H43NO2. The lowest BCUT2D eigenvalue weighted by Crippen LogP contribution is -2.46. The van der Waals surface area contributed by atoms with Crippen LogP contribution in [-0.2, 0) is 9.53 Å². The number of rotatable bonds is 9. The van der Waals surface area contributed by atoms with Gasteiger partial charge in [-0.2, -0.15) is 0 Å². The van der Waals surface area contributed by atoms with E-state index in [2.05, 4.69) is 33.0 Å². The first kappa shape index (κ1) is 23.4. The van der Waals surface area contributed by atoms with E-state index in [1.165, 1.54) is 38.8 Å². The molecule has 1 fully saturated rings. The van der Waals surface area contributed by atoms with Crippen molar-refractivity contribution in [3.63, 3.8) is 0 Å². The molecule has 0 spiro atoms. The maximum absolute atomic E-state index is 11.6. The first-order valence-corrected chi connectivity index (χ1v) is 10.1. The molecule has 1 rings (SSSR count). The Morgan fingerprint density at radius 3 is 2.08 bits per heavy atom. The Bertz CT molecular complexity index is 316. The first-order valence-electron chi connectivity index (χ1n) is 10.1. The summed E-state index contributed by atoms with van der Waals surface area (Å²) in [5, 5.41) is 3.35. The predicted octanol–water partition coefficient (Wildman–Crippen LogP) is 5.58. The summed E-state index contributed by atoms with van der Waals surface area (Å²) < 4.78 is 5.31. The Morgan fingerprint density at radius 2 is 1.67 bits per heavy atom. The molecule has 1 aliphatic rings. The van der Waals surface area contributed by atoms with Gasteiger partial charge >= 0.3 is 5.97 Å². The monoisotopic (exact) mass is 341 g/mol. The molecule has 3 nitrogen and oxygen atoms in total. The van der Waals surface area contributed by atoms with Gasteiger partial charge in [0.25, 0.3) is 0 Å². The highest BCUT2D eigenvalue weighted by atomic mass is 16.6. The fourth-order valence-corrected chi connectivity index (χ4v) is 2.72. The molecule has 0 amide bonds. The lowest BCUT2D eigenvalue weighted by Gasteiger charge is -2.36. The average Bonchev–Trinajstić information content (AvgIpc) is 2.43. The molecule has 0 saturated carbocycles. The van der Waals surface area contributed by atoms with E-state index in [9.17, 15) is 4.79 Å². The Kier molecular flexibility index (Phi) is 12.4. The van der Waals surface area contributed by atoms with Crippen LogP contribution in [0.4, 0.5) is 0 Å². The van der Waals surface area contributed by atoms with Crippen LogP contribution in [0.25, 0.3) is 0 Å². The molecule has 1 N–H and O–H groups in total. The van der Waals surface area contributed by atoms with Gasteiger partial charge < -0.3 is 10.1 Å². The second kappa shape index (κ2) is 12.7. The van der Waals surface area contributed by atoms with Crippen LogP contribution >= 0.6 is 0 Å². The Morgan fingerprint density at radius 1 is 1.08 bits per heavy atom. The zero-order valence-corrected chi connectivity index (χ0v) is 17.4. The molecule has 144 valence electrons. The van der Waals surface area contributed by atoms with Gasteiger partial charge in [-0.3, -0.25) is 4.79 Å². The van der Waals surface area contributed by atoms with Gasteiger partial charge in [-0.1, -0.05) is 59.8 Å². The normalized spacial score (nSPS) is 17.3. The minimum Gasteiger partial charge on any atom is -0.460 e. The number of carbonyl (C=O) groups excluding carboxylic acids is 1. The van der Waals surface area contributed by atoms with Crippen LogP contribution in [0.15, 0.2) is 0 Å². The molecule has 0 aromatic heterocycles. The van der Waals surface area contributed by atoms with E-state index in [0.29, 0.717) is 6.42 Å². The highest BCUT2D eigenvalue weighted by molar-refractivity contribution is 5.69. The third-order valence-corrected chi connectivity index (χ3v) is 4.91. The van der Waals surface area contributed by atoms with Gasteiger partial charge in [0.05, 0.1) is 0 Å². The van der Waals surface area contributed by atoms with Crippen LogP contribution in [0.5, 0.6) is 0 Å². The maximum Gasteiger partial charge on any atom is 0.306 e. The lowest BCUT2D eigenvalue weighted by atomic mass is 9.78. The fourth-order valence-electron chi connectivity index (χ4n) is 2.72. The van der Waals surface area contributed by atoms with Gasteiger partial charge in [-0.05, 0) is 58.0 Å². The Labute approximate surface area is 151 Å². The van der Waals surface area contributed by atoms with Crippen molar-refractivity contribution < 1.29 is 9.53 Å². The van der Waals surface area contributed by atoms with Gasteiger partial charge in [0.2, 0.25) is 0 Å². The van der Waals surface area contributed by atoms with Crippen LogP contribution < -0.4 is 5.32 Å². The number of carbonyl (C=O) groups is 1. The van der Waals surface area contributed by atoms with Gasteiger partial charge in [0.15, 0.2) is 0 Å². The lowest BCUT2D eigenvalue weighted by molar-refractivity contribution is -0.154. The van der Waals surface area contributed by atoms with Gasteiger partial charge in [0.1, 0.15) is 5.60 Å². The number of unbranched alkanes of at least 4 members (excludes halogenated alkanes) is 3. The second-order valence-corrected chi connectivity index (χ2v) is 8.44. The molecule has 0 aliphatic carbocycles. The van der Waals surface area contributed by atoms with Crippen LogP contribution in [0.1, 0.15) is 93.4 Å². The Balaban J connectivity index is 0.00000118. The van der Waals surface area contributed by atoms with E-state index in [-0.39, 0.29) is 11.6 Å². The van der Waals surface area contributed by atoms with E-state index in [1.54, 1.807) is 0 Å². The summed E-state index contributed by atoms with van der Waals surface area (Å²) in [6.45, 7) is 17.3. The number of ether oxygens (including phenoxy) is 1. The topological polar surface area (TPSA) is 38.3 Å². The second-order valence-electron chi connectivity index (χ2n) is 8.44. The van der Waals surface area contributed by atoms with Crippen molar-refractivity contribution in [2.75, 3.05) is 13.1 Å². The quantitative estimate of drug-likeness (QED) is 0.439. The zero-order chi connectivity index (χ0) is 18.6. The molecule has 3 heteroatoms. The van der Waals surface area contributed by atoms with Gasteiger partial charge in [-0.25, -0.2) is 0 Å². The number of hydrogen-bond acceptors (Lipinski definition) is 3. The summed E-state index contributed by atoms with van der Waals surface area (Å²) in [4.78, 5) is 11.6. The molecule has 0 aromatic carbocycles. The van der Waals surface area contributed by atoms with E-state index in [4.69, 9.17) is 4.74 Å². The van der Waals surface area contributed by atoms with Crippen LogP contribution in [0.3, 0.4) is 0 Å². The SMILES string of the molecule is CC(CCCCCC(=O)OC(C)(C)C)C(C)C1CNC1.CCCC. The highest BCUT2D eigenvalue weighted by Gasteiger charge is 2.27. The largest absolute Gasteiger partial charge is 0.460 e. The van der Waals surface area contributed by atoms with E-state index < -0.39 is 0 Å². The van der Waals surface area contributed by atoms with E-state index in [0.717, 1.165) is 30.6 Å². The van der Waals surface area contributed by atoms with Crippen LogP contribution in [-0.4, -0.2) is 24.7 Å². The van der Waals surface area contributed by atoms with E-state index in [1.807, 2.05) is 20.8 Å². The van der Waals surface area contributed by atoms with Crippen LogP contribution in [0, 0.1) is 17.8 Å². The maximum atomic E-state index is 11.6. The molecular weight excluding hydrogens is 298 g/mol. The molecule has 24 heavy (non-hydrogen) atoms. The standard InChI is InChI=1S/C17H33NO2.C4H10/c1-13(14(2)15-11-18-12-15)9-7-6-8-10-16(19)20-17(3,4)5;1-3-4-2/h13-15,18H,6-12H2,1-5H3;3-4H2,1-2H3. The van der Waals surface area contributed by atoms with Gasteiger partial charge in [0, 0.05) is 6.42 Å². The summed E-state index contributed by atoms with van der Waals surface area (Å²) in [5.74, 6) is 2.44. The van der Waals surface area contributed by atoms with Crippen molar-refractivity contribution >= 4 is 5.97 Å². The van der Waals surface area contributed by atoms with Gasteiger partial charge in [-0.15, -0.1) is 0 Å². The van der Waals surface area contributed by atoms with Crippen molar-refractivity contribution in [2.45, 2.75) is 99.0 Å². The number of hydrogen-bond donors (Lipinski definition) is 1.